The van der Waals surface area contributed by atoms with E-state index in [1.807, 2.05) is 0 Å². The quantitative estimate of drug-likeness (QED) is 0.609. The van der Waals surface area contributed by atoms with Gasteiger partial charge in [-0.3, -0.25) is 9.59 Å². The molecule has 0 fully saturated rings. The van der Waals surface area contributed by atoms with Crippen molar-refractivity contribution in [1.82, 2.24) is 15.3 Å². The number of rotatable bonds is 5. The molecule has 0 aliphatic rings. The van der Waals surface area contributed by atoms with E-state index in [9.17, 15) is 14.4 Å². The second-order valence-electron chi connectivity index (χ2n) is 3.09. The summed E-state index contributed by atoms with van der Waals surface area (Å²) in [6.45, 7) is 0. The number of hydrogen-bond acceptors (Lipinski definition) is 5. The highest BCUT2D eigenvalue weighted by Crippen LogP contribution is 1.98. The molecule has 8 nitrogen and oxygen atoms in total. The first-order valence-corrected chi connectivity index (χ1v) is 4.51. The predicted molar refractivity (Wildman–Crippen MR) is 53.2 cm³/mol. The minimum atomic E-state index is -1.49. The Balaban J connectivity index is 2.71. The van der Waals surface area contributed by atoms with E-state index in [1.54, 1.807) is 0 Å². The standard InChI is InChI=1S/C9H9N3O5/c13-7(14)1-6(9(16)17)12-8(15)5-2-10-4-11-3-5/h2-4,6H,1H2,(H,12,15)(H,13,14)(H,16,17)/t6-/m0/s1. The van der Waals surface area contributed by atoms with E-state index in [0.29, 0.717) is 0 Å². The number of aliphatic carboxylic acids is 2. The number of hydrogen-bond donors (Lipinski definition) is 3. The molecule has 1 aromatic heterocycles. The average molecular weight is 239 g/mol. The Morgan fingerprint density at radius 3 is 2.29 bits per heavy atom. The van der Waals surface area contributed by atoms with Gasteiger partial charge in [0.25, 0.3) is 5.91 Å². The summed E-state index contributed by atoms with van der Waals surface area (Å²) in [5.41, 5.74) is 0.0594. The van der Waals surface area contributed by atoms with Crippen LogP contribution in [0.2, 0.25) is 0 Å². The summed E-state index contributed by atoms with van der Waals surface area (Å²) in [6, 6.07) is -1.49. The molecule has 0 aliphatic heterocycles. The summed E-state index contributed by atoms with van der Waals surface area (Å²) >= 11 is 0. The van der Waals surface area contributed by atoms with Gasteiger partial charge in [0, 0.05) is 12.4 Å². The molecule has 1 rings (SSSR count). The third-order valence-corrected chi connectivity index (χ3v) is 1.80. The van der Waals surface area contributed by atoms with Crippen molar-refractivity contribution in [3.63, 3.8) is 0 Å². The number of carbonyl (C=O) groups is 3. The van der Waals surface area contributed by atoms with E-state index in [2.05, 4.69) is 15.3 Å². The highest BCUT2D eigenvalue weighted by atomic mass is 16.4. The van der Waals surface area contributed by atoms with Gasteiger partial charge in [-0.05, 0) is 0 Å². The normalized spacial score (nSPS) is 11.5. The van der Waals surface area contributed by atoms with Gasteiger partial charge in [0.05, 0.1) is 12.0 Å². The lowest BCUT2D eigenvalue weighted by atomic mass is 10.2. The van der Waals surface area contributed by atoms with Crippen LogP contribution in [0, 0.1) is 0 Å². The van der Waals surface area contributed by atoms with Gasteiger partial charge in [-0.25, -0.2) is 14.8 Å². The average Bonchev–Trinajstić information content (AvgIpc) is 2.28. The fourth-order valence-corrected chi connectivity index (χ4v) is 1.03. The SMILES string of the molecule is O=C(O)C[C@H](NC(=O)c1cncnc1)C(=O)O. The molecule has 0 unspecified atom stereocenters. The molecule has 0 aromatic carbocycles. The zero-order valence-electron chi connectivity index (χ0n) is 8.53. The fourth-order valence-electron chi connectivity index (χ4n) is 1.03. The van der Waals surface area contributed by atoms with Crippen molar-refractivity contribution in [3.8, 4) is 0 Å². The van der Waals surface area contributed by atoms with Crippen LogP contribution in [0.4, 0.5) is 0 Å². The number of nitrogens with one attached hydrogen (secondary N) is 1. The molecule has 0 saturated heterocycles. The van der Waals surface area contributed by atoms with Gasteiger partial charge in [-0.2, -0.15) is 0 Å². The minimum Gasteiger partial charge on any atom is -0.481 e. The monoisotopic (exact) mass is 239 g/mol. The third kappa shape index (κ3) is 3.86. The minimum absolute atomic E-state index is 0.0594. The Kier molecular flexibility index (Phi) is 4.09. The van der Waals surface area contributed by atoms with Crippen molar-refractivity contribution < 1.29 is 24.6 Å². The second kappa shape index (κ2) is 5.54. The van der Waals surface area contributed by atoms with E-state index in [1.165, 1.54) is 18.7 Å². The number of carboxylic acid groups (broad SMARTS) is 2. The maximum atomic E-state index is 11.5. The van der Waals surface area contributed by atoms with Crippen LogP contribution in [0.3, 0.4) is 0 Å². The Morgan fingerprint density at radius 1 is 1.24 bits per heavy atom. The second-order valence-corrected chi connectivity index (χ2v) is 3.09. The molecule has 1 aromatic rings. The molecule has 8 heteroatoms. The maximum Gasteiger partial charge on any atom is 0.326 e. The summed E-state index contributed by atoms with van der Waals surface area (Å²) in [4.78, 5) is 39.7. The molecule has 1 atom stereocenters. The molecule has 1 amide bonds. The Morgan fingerprint density at radius 2 is 1.82 bits per heavy atom. The predicted octanol–water partition coefficient (Wildman–Crippen LogP) is -0.866. The van der Waals surface area contributed by atoms with Crippen LogP contribution >= 0.6 is 0 Å². The van der Waals surface area contributed by atoms with Crippen LogP contribution in [0.15, 0.2) is 18.7 Å². The lowest BCUT2D eigenvalue weighted by molar-refractivity contribution is -0.145. The molecule has 0 saturated carbocycles. The lowest BCUT2D eigenvalue weighted by Gasteiger charge is -2.11. The van der Waals surface area contributed by atoms with Crippen molar-refractivity contribution in [1.29, 1.82) is 0 Å². The first-order valence-electron chi connectivity index (χ1n) is 4.51. The third-order valence-electron chi connectivity index (χ3n) is 1.80. The topological polar surface area (TPSA) is 129 Å². The lowest BCUT2D eigenvalue weighted by Crippen LogP contribution is -2.42. The van der Waals surface area contributed by atoms with E-state index in [0.717, 1.165) is 0 Å². The molecular weight excluding hydrogens is 230 g/mol. The highest BCUT2D eigenvalue weighted by molar-refractivity contribution is 5.96. The van der Waals surface area contributed by atoms with Gasteiger partial charge in [-0.1, -0.05) is 0 Å². The van der Waals surface area contributed by atoms with Crippen LogP contribution < -0.4 is 5.32 Å². The molecule has 0 spiro atoms. The smallest absolute Gasteiger partial charge is 0.326 e. The summed E-state index contributed by atoms with van der Waals surface area (Å²) in [6.07, 6.45) is 2.90. The van der Waals surface area contributed by atoms with Crippen molar-refractivity contribution in [2.75, 3.05) is 0 Å². The zero-order chi connectivity index (χ0) is 12.8. The van der Waals surface area contributed by atoms with Crippen LogP contribution in [0.1, 0.15) is 16.8 Å². The maximum absolute atomic E-state index is 11.5. The molecule has 0 bridgehead atoms. The molecule has 90 valence electrons. The van der Waals surface area contributed by atoms with E-state index >= 15 is 0 Å². The largest absolute Gasteiger partial charge is 0.481 e. The molecule has 3 N–H and O–H groups in total. The number of carboxylic acids is 2. The van der Waals surface area contributed by atoms with E-state index < -0.39 is 30.3 Å². The molecule has 17 heavy (non-hydrogen) atoms. The van der Waals surface area contributed by atoms with Crippen molar-refractivity contribution >= 4 is 17.8 Å². The zero-order valence-corrected chi connectivity index (χ0v) is 8.53. The van der Waals surface area contributed by atoms with Crippen LogP contribution in [-0.2, 0) is 9.59 Å². The van der Waals surface area contributed by atoms with Crippen LogP contribution in [-0.4, -0.2) is 44.1 Å². The highest BCUT2D eigenvalue weighted by Gasteiger charge is 2.23. The van der Waals surface area contributed by atoms with Gasteiger partial charge in [0.15, 0.2) is 0 Å². The first-order chi connectivity index (χ1) is 8.00. The van der Waals surface area contributed by atoms with Gasteiger partial charge in [-0.15, -0.1) is 0 Å². The Hall–Kier alpha value is -2.51. The molecular formula is C9H9N3O5. The Labute approximate surface area is 95.3 Å². The van der Waals surface area contributed by atoms with Gasteiger partial charge in [0.2, 0.25) is 0 Å². The molecule has 0 aliphatic carbocycles. The van der Waals surface area contributed by atoms with E-state index in [-0.39, 0.29) is 5.56 Å². The molecule has 0 radical (unpaired) electrons. The van der Waals surface area contributed by atoms with Gasteiger partial charge >= 0.3 is 11.9 Å². The number of nitrogens with zero attached hydrogens (tertiary/aromatic N) is 2. The van der Waals surface area contributed by atoms with Crippen molar-refractivity contribution in [3.05, 3.63) is 24.3 Å². The fraction of sp³-hybridized carbons (Fsp3) is 0.222. The summed E-state index contributed by atoms with van der Waals surface area (Å²) in [7, 11) is 0. The van der Waals surface area contributed by atoms with Crippen molar-refractivity contribution in [2.45, 2.75) is 12.5 Å². The van der Waals surface area contributed by atoms with Crippen molar-refractivity contribution in [2.24, 2.45) is 0 Å². The Bertz CT molecular complexity index is 434. The van der Waals surface area contributed by atoms with Gasteiger partial charge < -0.3 is 15.5 Å². The first kappa shape index (κ1) is 12.6. The summed E-state index contributed by atoms with van der Waals surface area (Å²) < 4.78 is 0. The van der Waals surface area contributed by atoms with Gasteiger partial charge in [0.1, 0.15) is 12.4 Å². The van der Waals surface area contributed by atoms with E-state index in [4.69, 9.17) is 10.2 Å². The summed E-state index contributed by atoms with van der Waals surface area (Å²) in [5.74, 6) is -3.47. The number of aromatic nitrogens is 2. The summed E-state index contributed by atoms with van der Waals surface area (Å²) in [5, 5.41) is 19.3. The van der Waals surface area contributed by atoms with Crippen LogP contribution in [0.25, 0.3) is 0 Å². The number of amides is 1. The molecule has 1 heterocycles. The van der Waals surface area contributed by atoms with Crippen LogP contribution in [0.5, 0.6) is 0 Å². The number of carbonyl (C=O) groups excluding carboxylic acids is 1.